The third-order valence-electron chi connectivity index (χ3n) is 4.53. The molecular formula is C19H19NO4S. The molecule has 0 bridgehead atoms. The molecule has 3 aromatic rings. The molecule has 0 fully saturated rings. The van der Waals surface area contributed by atoms with Crippen molar-refractivity contribution in [3.05, 3.63) is 65.4 Å². The largest absolute Gasteiger partial charge is 0.478 e. The van der Waals surface area contributed by atoms with Crippen LogP contribution in [0.25, 0.3) is 10.9 Å². The number of aromatic nitrogens is 1. The maximum Gasteiger partial charge on any atom is 0.338 e. The average molecular weight is 357 g/mol. The molecule has 1 heterocycles. The molecule has 1 aromatic heterocycles. The van der Waals surface area contributed by atoms with Crippen LogP contribution >= 0.6 is 0 Å². The molecule has 0 aliphatic rings. The van der Waals surface area contributed by atoms with Gasteiger partial charge in [0.05, 0.1) is 16.5 Å². The number of aromatic carboxylic acids is 1. The van der Waals surface area contributed by atoms with Crippen LogP contribution in [-0.4, -0.2) is 30.3 Å². The quantitative estimate of drug-likeness (QED) is 0.773. The minimum atomic E-state index is -3.31. The monoisotopic (exact) mass is 357 g/mol. The fraction of sp³-hybridized carbons (Fsp3) is 0.211. The second-order valence-electron chi connectivity index (χ2n) is 6.17. The number of nitrogens with zero attached hydrogens (tertiary/aromatic N) is 1. The van der Waals surface area contributed by atoms with E-state index in [4.69, 9.17) is 0 Å². The van der Waals surface area contributed by atoms with E-state index in [1.807, 2.05) is 35.8 Å². The van der Waals surface area contributed by atoms with E-state index in [0.717, 1.165) is 11.1 Å². The lowest BCUT2D eigenvalue weighted by Crippen LogP contribution is -2.10. The number of hydrogen-bond acceptors (Lipinski definition) is 3. The van der Waals surface area contributed by atoms with Gasteiger partial charge in [0.25, 0.3) is 0 Å². The Kier molecular flexibility index (Phi) is 4.16. The van der Waals surface area contributed by atoms with Gasteiger partial charge in [0.2, 0.25) is 0 Å². The number of benzene rings is 2. The highest BCUT2D eigenvalue weighted by Gasteiger charge is 2.23. The van der Waals surface area contributed by atoms with Gasteiger partial charge in [-0.3, -0.25) is 0 Å². The Labute approximate surface area is 146 Å². The standard InChI is InChI=1S/C19H19NO4S/c1-12(14-7-6-8-15(11-14)25(3,23)24)20-13(2)18(19(21)22)16-9-4-5-10-17(16)20/h4-12H,1-3H3,(H,21,22). The highest BCUT2D eigenvalue weighted by atomic mass is 32.2. The van der Waals surface area contributed by atoms with Gasteiger partial charge < -0.3 is 9.67 Å². The first kappa shape index (κ1) is 17.2. The lowest BCUT2D eigenvalue weighted by Gasteiger charge is -2.19. The second kappa shape index (κ2) is 6.04. The summed E-state index contributed by atoms with van der Waals surface area (Å²) < 4.78 is 25.6. The first-order valence-electron chi connectivity index (χ1n) is 7.84. The van der Waals surface area contributed by atoms with Crippen LogP contribution < -0.4 is 0 Å². The molecule has 0 aliphatic carbocycles. The number of para-hydroxylation sites is 1. The smallest absolute Gasteiger partial charge is 0.338 e. The van der Waals surface area contributed by atoms with E-state index in [9.17, 15) is 18.3 Å². The number of carboxylic acid groups (broad SMARTS) is 1. The van der Waals surface area contributed by atoms with Crippen molar-refractivity contribution in [3.63, 3.8) is 0 Å². The summed E-state index contributed by atoms with van der Waals surface area (Å²) in [6.45, 7) is 3.72. The van der Waals surface area contributed by atoms with Crippen LogP contribution in [0.4, 0.5) is 0 Å². The molecule has 130 valence electrons. The van der Waals surface area contributed by atoms with E-state index >= 15 is 0 Å². The van der Waals surface area contributed by atoms with Crippen LogP contribution in [0.5, 0.6) is 0 Å². The summed E-state index contributed by atoms with van der Waals surface area (Å²) in [7, 11) is -3.31. The highest BCUT2D eigenvalue weighted by Crippen LogP contribution is 2.32. The predicted molar refractivity (Wildman–Crippen MR) is 97.0 cm³/mol. The molecule has 0 radical (unpaired) electrons. The van der Waals surface area contributed by atoms with Gasteiger partial charge in [0.15, 0.2) is 9.84 Å². The second-order valence-corrected chi connectivity index (χ2v) is 8.19. The highest BCUT2D eigenvalue weighted by molar-refractivity contribution is 7.90. The SMILES string of the molecule is Cc1c(C(=O)O)c2ccccc2n1C(C)c1cccc(S(C)(=O)=O)c1. The predicted octanol–water partition coefficient (Wildman–Crippen LogP) is 3.66. The third-order valence-corrected chi connectivity index (χ3v) is 5.64. The van der Waals surface area contributed by atoms with Crippen molar-refractivity contribution >= 4 is 26.7 Å². The summed E-state index contributed by atoms with van der Waals surface area (Å²) >= 11 is 0. The molecule has 0 saturated heterocycles. The summed E-state index contributed by atoms with van der Waals surface area (Å²) in [5.41, 5.74) is 2.55. The van der Waals surface area contributed by atoms with Crippen LogP contribution in [0.3, 0.4) is 0 Å². The molecule has 1 atom stereocenters. The van der Waals surface area contributed by atoms with Gasteiger partial charge in [-0.05, 0) is 37.6 Å². The van der Waals surface area contributed by atoms with E-state index in [1.54, 1.807) is 31.2 Å². The van der Waals surface area contributed by atoms with Crippen LogP contribution in [0.15, 0.2) is 53.4 Å². The van der Waals surface area contributed by atoms with E-state index in [2.05, 4.69) is 0 Å². The Morgan fingerprint density at radius 2 is 1.80 bits per heavy atom. The summed E-state index contributed by atoms with van der Waals surface area (Å²) in [4.78, 5) is 12.0. The molecule has 1 N–H and O–H groups in total. The Bertz CT molecular complexity index is 1080. The number of rotatable bonds is 4. The molecule has 0 saturated carbocycles. The van der Waals surface area contributed by atoms with Crippen molar-refractivity contribution in [1.82, 2.24) is 4.57 Å². The number of carbonyl (C=O) groups is 1. The maximum atomic E-state index is 11.8. The molecule has 0 spiro atoms. The number of hydrogen-bond donors (Lipinski definition) is 1. The summed E-state index contributed by atoms with van der Waals surface area (Å²) in [6, 6.07) is 13.9. The maximum absolute atomic E-state index is 11.8. The van der Waals surface area contributed by atoms with Crippen LogP contribution in [0.2, 0.25) is 0 Å². The van der Waals surface area contributed by atoms with Crippen molar-refractivity contribution < 1.29 is 18.3 Å². The molecular weight excluding hydrogens is 338 g/mol. The summed E-state index contributed by atoms with van der Waals surface area (Å²) in [5, 5.41) is 10.3. The van der Waals surface area contributed by atoms with Crippen molar-refractivity contribution in [2.24, 2.45) is 0 Å². The van der Waals surface area contributed by atoms with Crippen LogP contribution in [0.1, 0.15) is 34.6 Å². The van der Waals surface area contributed by atoms with Crippen molar-refractivity contribution in [1.29, 1.82) is 0 Å². The van der Waals surface area contributed by atoms with Gasteiger partial charge >= 0.3 is 5.97 Å². The zero-order chi connectivity index (χ0) is 18.4. The molecule has 6 heteroatoms. The van der Waals surface area contributed by atoms with Crippen LogP contribution in [0, 0.1) is 6.92 Å². The van der Waals surface area contributed by atoms with Gasteiger partial charge in [0.1, 0.15) is 0 Å². The van der Waals surface area contributed by atoms with E-state index in [-0.39, 0.29) is 16.5 Å². The van der Waals surface area contributed by atoms with E-state index < -0.39 is 15.8 Å². The molecule has 3 rings (SSSR count). The van der Waals surface area contributed by atoms with Crippen molar-refractivity contribution in [2.75, 3.05) is 6.26 Å². The number of fused-ring (bicyclic) bond motifs is 1. The summed E-state index contributed by atoms with van der Waals surface area (Å²) in [5.74, 6) is -0.968. The fourth-order valence-corrected chi connectivity index (χ4v) is 3.99. The Morgan fingerprint density at radius 3 is 2.44 bits per heavy atom. The van der Waals surface area contributed by atoms with Gasteiger partial charge in [-0.2, -0.15) is 0 Å². The molecule has 0 amide bonds. The third kappa shape index (κ3) is 2.93. The first-order valence-corrected chi connectivity index (χ1v) is 9.74. The first-order chi connectivity index (χ1) is 11.7. The fourth-order valence-electron chi connectivity index (χ4n) is 3.31. The minimum absolute atomic E-state index is 0.209. The lowest BCUT2D eigenvalue weighted by molar-refractivity contribution is 0.0698. The van der Waals surface area contributed by atoms with Crippen LogP contribution in [-0.2, 0) is 9.84 Å². The van der Waals surface area contributed by atoms with Gasteiger partial charge in [-0.25, -0.2) is 13.2 Å². The van der Waals surface area contributed by atoms with Gasteiger partial charge in [0, 0.05) is 22.9 Å². The zero-order valence-corrected chi connectivity index (χ0v) is 15.0. The molecule has 1 unspecified atom stereocenters. The normalized spacial score (nSPS) is 13.1. The average Bonchev–Trinajstić information content (AvgIpc) is 2.85. The molecule has 0 aliphatic heterocycles. The van der Waals surface area contributed by atoms with Crippen molar-refractivity contribution in [3.8, 4) is 0 Å². The number of carboxylic acids is 1. The topological polar surface area (TPSA) is 76.4 Å². The molecule has 2 aromatic carbocycles. The van der Waals surface area contributed by atoms with Gasteiger partial charge in [-0.1, -0.05) is 30.3 Å². The van der Waals surface area contributed by atoms with E-state index in [1.165, 1.54) is 6.26 Å². The minimum Gasteiger partial charge on any atom is -0.478 e. The Balaban J connectivity index is 2.24. The lowest BCUT2D eigenvalue weighted by atomic mass is 10.1. The van der Waals surface area contributed by atoms with Gasteiger partial charge in [-0.15, -0.1) is 0 Å². The Morgan fingerprint density at radius 1 is 1.12 bits per heavy atom. The Hall–Kier alpha value is -2.60. The van der Waals surface area contributed by atoms with Crippen molar-refractivity contribution in [2.45, 2.75) is 24.8 Å². The van der Waals surface area contributed by atoms with E-state index in [0.29, 0.717) is 11.1 Å². The number of sulfone groups is 1. The summed E-state index contributed by atoms with van der Waals surface area (Å²) in [6.07, 6.45) is 1.18. The molecule has 5 nitrogen and oxygen atoms in total. The molecule has 25 heavy (non-hydrogen) atoms. The zero-order valence-electron chi connectivity index (χ0n) is 14.2.